The number of halogens is 6. The molecule has 2 aromatic carbocycles. The van der Waals surface area contributed by atoms with Crippen LogP contribution in [0.1, 0.15) is 24.0 Å². The molecule has 0 saturated carbocycles. The van der Waals surface area contributed by atoms with Gasteiger partial charge in [0.05, 0.1) is 17.0 Å². The molecule has 1 aliphatic rings. The fraction of sp³-hybridized carbons (Fsp3) is 0.250. The quantitative estimate of drug-likeness (QED) is 0.149. The van der Waals surface area contributed by atoms with Crippen molar-refractivity contribution in [3.05, 3.63) is 89.5 Å². The third-order valence-electron chi connectivity index (χ3n) is 6.51. The molecule has 1 aliphatic heterocycles. The summed E-state index contributed by atoms with van der Waals surface area (Å²) < 4.78 is 116. The second-order valence-corrected chi connectivity index (χ2v) is 11.5. The van der Waals surface area contributed by atoms with Gasteiger partial charge < -0.3 is 15.4 Å². The van der Waals surface area contributed by atoms with Gasteiger partial charge in [0, 0.05) is 49.6 Å². The number of alkyl halides is 3. The molecule has 0 unspecified atom stereocenters. The van der Waals surface area contributed by atoms with Gasteiger partial charge in [0.2, 0.25) is 27.7 Å². The Kier molecular flexibility index (Phi) is 9.20. The average molecular weight is 639 g/mol. The van der Waals surface area contributed by atoms with Gasteiger partial charge in [-0.25, -0.2) is 45.3 Å². The highest BCUT2D eigenvalue weighted by molar-refractivity contribution is 7.91. The third kappa shape index (κ3) is 7.37. The number of anilines is 2. The molecule has 232 valence electrons. The predicted octanol–water partition coefficient (Wildman–Crippen LogP) is 5.74. The summed E-state index contributed by atoms with van der Waals surface area (Å²) in [5.41, 5.74) is -1.13. The maximum Gasteiger partial charge on any atom is 0.263 e. The lowest BCUT2D eigenvalue weighted by atomic mass is 10.1. The van der Waals surface area contributed by atoms with Gasteiger partial charge in [-0.05, 0) is 23.8 Å². The number of benzene rings is 2. The Morgan fingerprint density at radius 3 is 2.50 bits per heavy atom. The minimum absolute atomic E-state index is 0.0518. The minimum Gasteiger partial charge on any atom is -0.435 e. The third-order valence-corrected chi connectivity index (χ3v) is 7.74. The van der Waals surface area contributed by atoms with Crippen LogP contribution in [-0.4, -0.2) is 48.7 Å². The Hall–Kier alpha value is -4.44. The van der Waals surface area contributed by atoms with Gasteiger partial charge >= 0.3 is 0 Å². The van der Waals surface area contributed by atoms with Crippen LogP contribution < -0.4 is 20.1 Å². The van der Waals surface area contributed by atoms with Crippen molar-refractivity contribution in [1.82, 2.24) is 20.3 Å². The van der Waals surface area contributed by atoms with E-state index in [1.54, 1.807) is 4.72 Å². The molecule has 2 atom stereocenters. The number of ether oxygens (including phenoxy) is 1. The normalized spacial score (nSPS) is 17.0. The number of nitrogens with zero attached hydrogens (tertiary/aromatic N) is 3. The first-order chi connectivity index (χ1) is 21.0. The predicted molar refractivity (Wildman–Crippen MR) is 149 cm³/mol. The fourth-order valence-corrected chi connectivity index (χ4v) is 5.64. The Bertz CT molecular complexity index is 1750. The highest BCUT2D eigenvalue weighted by atomic mass is 32.2. The Morgan fingerprint density at radius 2 is 1.77 bits per heavy atom. The standard InChI is InChI=1S/C28H24F6N6O3S/c29-17-10-18(13-35-12-17)38-28-37-9-7-21(39-28)19-2-1-8-36-27(19)43-22-11-20(30)25(24(32)23(22)31)40-44(41,42)14-15-3-5-16(6-4-15)26(33)34/h1-9,11,17-18,26,35,40H,10,12-14H2,(H,37,38,39)/t17-,18-/m0/s1. The van der Waals surface area contributed by atoms with E-state index in [1.807, 2.05) is 0 Å². The molecule has 4 aromatic rings. The minimum atomic E-state index is -4.50. The van der Waals surface area contributed by atoms with E-state index in [0.29, 0.717) is 12.6 Å². The van der Waals surface area contributed by atoms with Gasteiger partial charge in [-0.2, -0.15) is 4.39 Å². The number of piperidine rings is 1. The lowest BCUT2D eigenvalue weighted by molar-refractivity contribution is 0.151. The summed E-state index contributed by atoms with van der Waals surface area (Å²) >= 11 is 0. The van der Waals surface area contributed by atoms with Crippen molar-refractivity contribution in [1.29, 1.82) is 0 Å². The van der Waals surface area contributed by atoms with E-state index in [-0.39, 0.29) is 53.2 Å². The van der Waals surface area contributed by atoms with Crippen molar-refractivity contribution in [3.63, 3.8) is 0 Å². The topological polar surface area (TPSA) is 118 Å². The summed E-state index contributed by atoms with van der Waals surface area (Å²) in [4.78, 5) is 12.5. The number of aromatic nitrogens is 3. The molecular formula is C28H24F6N6O3S. The van der Waals surface area contributed by atoms with E-state index in [0.717, 1.165) is 24.3 Å². The fourth-order valence-electron chi connectivity index (χ4n) is 4.44. The Labute approximate surface area is 247 Å². The van der Waals surface area contributed by atoms with Crippen LogP contribution in [0.5, 0.6) is 11.6 Å². The number of hydrogen-bond donors (Lipinski definition) is 3. The summed E-state index contributed by atoms with van der Waals surface area (Å²) in [5, 5.41) is 5.98. The first-order valence-electron chi connectivity index (χ1n) is 13.1. The molecule has 16 heteroatoms. The zero-order valence-electron chi connectivity index (χ0n) is 22.6. The van der Waals surface area contributed by atoms with E-state index in [4.69, 9.17) is 4.74 Å². The first-order valence-corrected chi connectivity index (χ1v) is 14.8. The van der Waals surface area contributed by atoms with Crippen molar-refractivity contribution in [2.75, 3.05) is 23.1 Å². The van der Waals surface area contributed by atoms with Gasteiger partial charge in [-0.15, -0.1) is 0 Å². The van der Waals surface area contributed by atoms with Crippen LogP contribution in [0.2, 0.25) is 0 Å². The van der Waals surface area contributed by atoms with Crippen LogP contribution in [0, 0.1) is 17.5 Å². The highest BCUT2D eigenvalue weighted by Gasteiger charge is 2.26. The molecule has 0 spiro atoms. The number of hydrogen-bond acceptors (Lipinski definition) is 8. The molecule has 0 radical (unpaired) electrons. The van der Waals surface area contributed by atoms with Crippen molar-refractivity contribution >= 4 is 21.7 Å². The second kappa shape index (κ2) is 13.1. The van der Waals surface area contributed by atoms with E-state index in [1.165, 1.54) is 30.6 Å². The van der Waals surface area contributed by atoms with Gasteiger partial charge in [0.1, 0.15) is 11.9 Å². The molecule has 2 aromatic heterocycles. The van der Waals surface area contributed by atoms with Crippen molar-refractivity contribution in [2.45, 2.75) is 30.8 Å². The average Bonchev–Trinajstić information content (AvgIpc) is 2.98. The van der Waals surface area contributed by atoms with Crippen LogP contribution in [0.25, 0.3) is 11.3 Å². The van der Waals surface area contributed by atoms with Crippen LogP contribution in [-0.2, 0) is 15.8 Å². The van der Waals surface area contributed by atoms with Crippen LogP contribution in [0.3, 0.4) is 0 Å². The molecule has 3 heterocycles. The van der Waals surface area contributed by atoms with E-state index < -0.39 is 57.3 Å². The first kappa shape index (κ1) is 31.0. The maximum absolute atomic E-state index is 15.1. The summed E-state index contributed by atoms with van der Waals surface area (Å²) in [6.07, 6.45) is -0.848. The molecule has 0 aliphatic carbocycles. The summed E-state index contributed by atoms with van der Waals surface area (Å²) in [7, 11) is -4.50. The van der Waals surface area contributed by atoms with Crippen molar-refractivity contribution < 1.29 is 39.5 Å². The number of pyridine rings is 1. The molecule has 9 nitrogen and oxygen atoms in total. The van der Waals surface area contributed by atoms with Crippen LogP contribution >= 0.6 is 0 Å². The molecule has 0 amide bonds. The monoisotopic (exact) mass is 638 g/mol. The molecule has 3 N–H and O–H groups in total. The highest BCUT2D eigenvalue weighted by Crippen LogP contribution is 2.36. The van der Waals surface area contributed by atoms with E-state index in [9.17, 15) is 30.4 Å². The maximum atomic E-state index is 15.1. The van der Waals surface area contributed by atoms with Gasteiger partial charge in [-0.1, -0.05) is 24.3 Å². The van der Waals surface area contributed by atoms with Crippen molar-refractivity contribution in [3.8, 4) is 22.9 Å². The Balaban J connectivity index is 1.35. The van der Waals surface area contributed by atoms with Crippen LogP contribution in [0.4, 0.5) is 38.0 Å². The number of nitrogens with one attached hydrogen (secondary N) is 3. The number of rotatable bonds is 10. The van der Waals surface area contributed by atoms with E-state index in [2.05, 4.69) is 25.6 Å². The molecule has 5 rings (SSSR count). The Morgan fingerprint density at radius 1 is 1.00 bits per heavy atom. The van der Waals surface area contributed by atoms with Gasteiger partial charge in [0.15, 0.2) is 17.4 Å². The number of sulfonamides is 1. The summed E-state index contributed by atoms with van der Waals surface area (Å²) in [5.74, 6) is -6.95. The van der Waals surface area contributed by atoms with E-state index >= 15 is 4.39 Å². The van der Waals surface area contributed by atoms with Gasteiger partial charge in [-0.3, -0.25) is 4.72 Å². The molecule has 44 heavy (non-hydrogen) atoms. The SMILES string of the molecule is O=S(=O)(Cc1ccc(C(F)F)cc1)Nc1c(F)cc(Oc2ncccc2-c2ccnc(N[C@@H]3CNC[C@@H](F)C3)n2)c(F)c1F. The molecule has 1 saturated heterocycles. The largest absolute Gasteiger partial charge is 0.435 e. The summed E-state index contributed by atoms with van der Waals surface area (Å²) in [6, 6.07) is 8.97. The zero-order valence-corrected chi connectivity index (χ0v) is 23.4. The smallest absolute Gasteiger partial charge is 0.263 e. The van der Waals surface area contributed by atoms with Crippen molar-refractivity contribution in [2.24, 2.45) is 0 Å². The second-order valence-electron chi connectivity index (χ2n) is 9.82. The van der Waals surface area contributed by atoms with Gasteiger partial charge in [0.25, 0.3) is 6.43 Å². The molecule has 0 bridgehead atoms. The molecular weight excluding hydrogens is 614 g/mol. The van der Waals surface area contributed by atoms with Crippen LogP contribution in [0.15, 0.2) is 60.9 Å². The lowest BCUT2D eigenvalue weighted by Gasteiger charge is -2.26. The molecule has 1 fully saturated rings. The lowest BCUT2D eigenvalue weighted by Crippen LogP contribution is -2.44. The summed E-state index contributed by atoms with van der Waals surface area (Å²) in [6.45, 7) is 0.742. The zero-order chi connectivity index (χ0) is 31.4.